The molecular weight excluding hydrogens is 284 g/mol. The fourth-order valence-corrected chi connectivity index (χ4v) is 2.63. The van der Waals surface area contributed by atoms with E-state index in [1.165, 1.54) is 10.9 Å². The van der Waals surface area contributed by atoms with Crippen molar-refractivity contribution in [2.45, 2.75) is 38.3 Å². The first-order chi connectivity index (χ1) is 10.6. The fourth-order valence-electron chi connectivity index (χ4n) is 2.63. The lowest BCUT2D eigenvalue weighted by atomic mass is 9.96. The van der Waals surface area contributed by atoms with Crippen LogP contribution in [-0.2, 0) is 20.9 Å². The first-order valence-corrected chi connectivity index (χ1v) is 7.31. The largest absolute Gasteiger partial charge is 0.453 e. The van der Waals surface area contributed by atoms with Crippen molar-refractivity contribution in [1.29, 1.82) is 0 Å². The minimum atomic E-state index is -0.662. The van der Waals surface area contributed by atoms with Gasteiger partial charge >= 0.3 is 5.97 Å². The Bertz CT molecular complexity index is 781. The van der Waals surface area contributed by atoms with E-state index < -0.39 is 12.1 Å². The van der Waals surface area contributed by atoms with Crippen molar-refractivity contribution in [3.8, 4) is 0 Å². The maximum Gasteiger partial charge on any atom is 0.326 e. The molecule has 1 aromatic carbocycles. The number of Topliss-reactive ketones (excluding diaryl/α,β-unsaturated/α-hetero) is 1. The third-order valence-corrected chi connectivity index (χ3v) is 3.80. The number of carbonyl (C=O) groups excluding carboxylic acids is 2. The number of ether oxygens (including phenoxy) is 1. The molecule has 1 aliphatic carbocycles. The number of nitrogens with zero attached hydrogens (tertiary/aromatic N) is 2. The van der Waals surface area contributed by atoms with Crippen molar-refractivity contribution in [3.05, 3.63) is 40.9 Å². The van der Waals surface area contributed by atoms with Crippen LogP contribution < -0.4 is 5.56 Å². The Hall–Kier alpha value is -2.50. The summed E-state index contributed by atoms with van der Waals surface area (Å²) in [6.45, 7) is -0.236. The third kappa shape index (κ3) is 2.90. The number of esters is 1. The summed E-state index contributed by atoms with van der Waals surface area (Å²) in [5, 5.41) is 0.451. The average Bonchev–Trinajstić information content (AvgIpc) is 2.53. The lowest BCUT2D eigenvalue weighted by Gasteiger charge is -2.20. The SMILES string of the molecule is O=C(Cn1cnc2ccccc2c1=O)O[C@H]1CCCCC1=O. The molecule has 0 aliphatic heterocycles. The summed E-state index contributed by atoms with van der Waals surface area (Å²) in [6, 6.07) is 6.94. The molecule has 3 rings (SSSR count). The molecule has 0 bridgehead atoms. The monoisotopic (exact) mass is 300 g/mol. The molecule has 2 aromatic rings. The zero-order chi connectivity index (χ0) is 15.5. The summed E-state index contributed by atoms with van der Waals surface area (Å²) in [5.41, 5.74) is 0.289. The molecule has 6 nitrogen and oxygen atoms in total. The number of rotatable bonds is 3. The Morgan fingerprint density at radius 1 is 1.27 bits per heavy atom. The van der Waals surface area contributed by atoms with Gasteiger partial charge in [-0.25, -0.2) is 4.98 Å². The Labute approximate surface area is 126 Å². The molecule has 0 spiro atoms. The van der Waals surface area contributed by atoms with Crippen LogP contribution in [0.4, 0.5) is 0 Å². The predicted octanol–water partition coefficient (Wildman–Crippen LogP) is 1.45. The number of fused-ring (bicyclic) bond motifs is 1. The van der Waals surface area contributed by atoms with E-state index in [-0.39, 0.29) is 17.9 Å². The second kappa shape index (κ2) is 6.09. The minimum Gasteiger partial charge on any atom is -0.453 e. The van der Waals surface area contributed by atoms with Crippen molar-refractivity contribution >= 4 is 22.7 Å². The quantitative estimate of drug-likeness (QED) is 0.802. The van der Waals surface area contributed by atoms with Gasteiger partial charge < -0.3 is 4.74 Å². The van der Waals surface area contributed by atoms with Gasteiger partial charge in [0.2, 0.25) is 0 Å². The van der Waals surface area contributed by atoms with E-state index in [1.807, 2.05) is 0 Å². The van der Waals surface area contributed by atoms with Crippen LogP contribution in [0.15, 0.2) is 35.4 Å². The van der Waals surface area contributed by atoms with Crippen molar-refractivity contribution in [3.63, 3.8) is 0 Å². The molecule has 0 saturated heterocycles. The molecule has 1 heterocycles. The average molecular weight is 300 g/mol. The number of benzene rings is 1. The predicted molar refractivity (Wildman–Crippen MR) is 79.4 cm³/mol. The van der Waals surface area contributed by atoms with Crippen molar-refractivity contribution in [1.82, 2.24) is 9.55 Å². The number of hydrogen-bond acceptors (Lipinski definition) is 5. The van der Waals surface area contributed by atoms with E-state index in [9.17, 15) is 14.4 Å². The Morgan fingerprint density at radius 2 is 2.09 bits per heavy atom. The number of para-hydroxylation sites is 1. The van der Waals surface area contributed by atoms with Gasteiger partial charge in [-0.1, -0.05) is 12.1 Å². The van der Waals surface area contributed by atoms with E-state index in [4.69, 9.17) is 4.74 Å². The van der Waals surface area contributed by atoms with Crippen LogP contribution in [0, 0.1) is 0 Å². The second-order valence-corrected chi connectivity index (χ2v) is 5.39. The molecule has 6 heteroatoms. The molecule has 0 unspecified atom stereocenters. The molecule has 22 heavy (non-hydrogen) atoms. The van der Waals surface area contributed by atoms with Gasteiger partial charge in [-0.15, -0.1) is 0 Å². The highest BCUT2D eigenvalue weighted by Crippen LogP contribution is 2.17. The van der Waals surface area contributed by atoms with E-state index in [0.717, 1.165) is 12.8 Å². The molecule has 114 valence electrons. The molecular formula is C16H16N2O4. The molecule has 1 aromatic heterocycles. The molecule has 0 amide bonds. The smallest absolute Gasteiger partial charge is 0.326 e. The molecule has 1 fully saturated rings. The zero-order valence-electron chi connectivity index (χ0n) is 12.0. The van der Waals surface area contributed by atoms with Crippen LogP contribution >= 0.6 is 0 Å². The van der Waals surface area contributed by atoms with Gasteiger partial charge in [0.15, 0.2) is 11.9 Å². The zero-order valence-corrected chi connectivity index (χ0v) is 12.0. The minimum absolute atomic E-state index is 0.0383. The summed E-state index contributed by atoms with van der Waals surface area (Å²) in [5.74, 6) is -0.622. The van der Waals surface area contributed by atoms with Gasteiger partial charge in [0, 0.05) is 6.42 Å². The van der Waals surface area contributed by atoms with Crippen LogP contribution in [0.5, 0.6) is 0 Å². The Morgan fingerprint density at radius 3 is 2.91 bits per heavy atom. The lowest BCUT2D eigenvalue weighted by Crippen LogP contribution is -2.33. The Kier molecular flexibility index (Phi) is 4.00. The van der Waals surface area contributed by atoms with Crippen molar-refractivity contribution in [2.75, 3.05) is 0 Å². The lowest BCUT2D eigenvalue weighted by molar-refractivity contribution is -0.157. The van der Waals surface area contributed by atoms with Crippen LogP contribution in [0.25, 0.3) is 10.9 Å². The van der Waals surface area contributed by atoms with E-state index in [2.05, 4.69) is 4.98 Å². The highest BCUT2D eigenvalue weighted by atomic mass is 16.5. The standard InChI is InChI=1S/C16H16N2O4/c19-13-7-3-4-8-14(13)22-15(20)9-18-10-17-12-6-2-1-5-11(12)16(18)21/h1-2,5-6,10,14H,3-4,7-9H2/t14-/m0/s1. The summed E-state index contributed by atoms with van der Waals surface area (Å²) < 4.78 is 6.40. The third-order valence-electron chi connectivity index (χ3n) is 3.80. The van der Waals surface area contributed by atoms with Crippen molar-refractivity contribution in [2.24, 2.45) is 0 Å². The maximum atomic E-state index is 12.3. The van der Waals surface area contributed by atoms with Gasteiger partial charge in [-0.3, -0.25) is 19.0 Å². The van der Waals surface area contributed by atoms with Crippen LogP contribution in [0.2, 0.25) is 0 Å². The number of hydrogen-bond donors (Lipinski definition) is 0. The molecule has 1 atom stereocenters. The van der Waals surface area contributed by atoms with E-state index in [0.29, 0.717) is 23.7 Å². The van der Waals surface area contributed by atoms with Gasteiger partial charge in [0.05, 0.1) is 17.2 Å². The first-order valence-electron chi connectivity index (χ1n) is 7.31. The van der Waals surface area contributed by atoms with Gasteiger partial charge in [-0.2, -0.15) is 0 Å². The van der Waals surface area contributed by atoms with Gasteiger partial charge in [-0.05, 0) is 31.4 Å². The number of aromatic nitrogens is 2. The summed E-state index contributed by atoms with van der Waals surface area (Å²) in [7, 11) is 0. The number of ketones is 1. The normalized spacial score (nSPS) is 18.4. The van der Waals surface area contributed by atoms with Crippen LogP contribution in [-0.4, -0.2) is 27.4 Å². The highest BCUT2D eigenvalue weighted by Gasteiger charge is 2.25. The fraction of sp³-hybridized carbons (Fsp3) is 0.375. The second-order valence-electron chi connectivity index (χ2n) is 5.39. The maximum absolute atomic E-state index is 12.3. The molecule has 1 saturated carbocycles. The molecule has 0 radical (unpaired) electrons. The molecule has 0 N–H and O–H groups in total. The number of carbonyl (C=O) groups is 2. The van der Waals surface area contributed by atoms with E-state index in [1.54, 1.807) is 24.3 Å². The van der Waals surface area contributed by atoms with E-state index >= 15 is 0 Å². The van der Waals surface area contributed by atoms with Gasteiger partial charge in [0.25, 0.3) is 5.56 Å². The molecule has 1 aliphatic rings. The summed E-state index contributed by atoms with van der Waals surface area (Å²) >= 11 is 0. The van der Waals surface area contributed by atoms with Gasteiger partial charge in [0.1, 0.15) is 6.54 Å². The highest BCUT2D eigenvalue weighted by molar-refractivity contribution is 5.86. The van der Waals surface area contributed by atoms with Crippen LogP contribution in [0.3, 0.4) is 0 Å². The topological polar surface area (TPSA) is 78.3 Å². The van der Waals surface area contributed by atoms with Crippen LogP contribution in [0.1, 0.15) is 25.7 Å². The van der Waals surface area contributed by atoms with Crippen molar-refractivity contribution < 1.29 is 14.3 Å². The summed E-state index contributed by atoms with van der Waals surface area (Å²) in [6.07, 6.45) is 3.41. The Balaban J connectivity index is 1.75. The first kappa shape index (κ1) is 14.4. The summed E-state index contributed by atoms with van der Waals surface area (Å²) in [4.78, 5) is 40.0.